The molecule has 2 aromatic carbocycles. The number of anilines is 1. The minimum absolute atomic E-state index is 0.192. The Morgan fingerprint density at radius 2 is 1.71 bits per heavy atom. The molecule has 0 fully saturated rings. The Morgan fingerprint density at radius 1 is 1.00 bits per heavy atom. The van der Waals surface area contributed by atoms with Gasteiger partial charge in [-0.15, -0.1) is 0 Å². The van der Waals surface area contributed by atoms with Crippen LogP contribution in [0.25, 0.3) is 5.69 Å². The minimum Gasteiger partial charge on any atom is -0.307 e. The summed E-state index contributed by atoms with van der Waals surface area (Å²) in [5.41, 5.74) is -0.816. The zero-order valence-electron chi connectivity index (χ0n) is 15.8. The molecule has 0 aliphatic rings. The molecular formula is C21H15ClF3N5O. The van der Waals surface area contributed by atoms with E-state index in [2.05, 4.69) is 15.5 Å². The first kappa shape index (κ1) is 20.7. The molecule has 10 heteroatoms. The Hall–Kier alpha value is -3.59. The fraction of sp³-hybridized carbons (Fsp3) is 0.0952. The summed E-state index contributed by atoms with van der Waals surface area (Å²) in [5, 5.41) is 10.9. The van der Waals surface area contributed by atoms with Crippen LogP contribution in [0.2, 0.25) is 5.02 Å². The largest absolute Gasteiger partial charge is 0.434 e. The molecule has 0 bridgehead atoms. The molecule has 158 valence electrons. The molecule has 0 atom stereocenters. The maximum absolute atomic E-state index is 13.8. The average Bonchev–Trinajstić information content (AvgIpc) is 3.37. The second-order valence-corrected chi connectivity index (χ2v) is 6.98. The Balaban J connectivity index is 1.64. The Labute approximate surface area is 179 Å². The molecule has 4 rings (SSSR count). The molecule has 6 nitrogen and oxygen atoms in total. The number of nitrogens with one attached hydrogen (secondary N) is 1. The summed E-state index contributed by atoms with van der Waals surface area (Å²) >= 11 is 6.16. The first-order chi connectivity index (χ1) is 14.8. The molecule has 0 aliphatic heterocycles. The van der Waals surface area contributed by atoms with Gasteiger partial charge in [0, 0.05) is 11.1 Å². The number of hydrogen-bond acceptors (Lipinski definition) is 3. The lowest BCUT2D eigenvalue weighted by Gasteiger charge is -2.13. The highest BCUT2D eigenvalue weighted by Crippen LogP contribution is 2.34. The van der Waals surface area contributed by atoms with Crippen LogP contribution in [0.15, 0.2) is 73.1 Å². The van der Waals surface area contributed by atoms with E-state index in [4.69, 9.17) is 11.6 Å². The van der Waals surface area contributed by atoms with Crippen molar-refractivity contribution in [3.05, 3.63) is 94.9 Å². The molecule has 0 saturated carbocycles. The number of rotatable bonds is 5. The van der Waals surface area contributed by atoms with Crippen LogP contribution < -0.4 is 5.32 Å². The van der Waals surface area contributed by atoms with Crippen molar-refractivity contribution in [2.45, 2.75) is 12.7 Å². The van der Waals surface area contributed by atoms with Gasteiger partial charge in [0.05, 0.1) is 30.2 Å². The van der Waals surface area contributed by atoms with Crippen LogP contribution in [0.4, 0.5) is 19.0 Å². The van der Waals surface area contributed by atoms with E-state index < -0.39 is 23.3 Å². The van der Waals surface area contributed by atoms with Gasteiger partial charge in [0.25, 0.3) is 5.91 Å². The molecule has 0 unspecified atom stereocenters. The summed E-state index contributed by atoms with van der Waals surface area (Å²) in [7, 11) is 0. The van der Waals surface area contributed by atoms with E-state index in [0.717, 1.165) is 11.8 Å². The molecule has 0 spiro atoms. The molecule has 0 saturated heterocycles. The van der Waals surface area contributed by atoms with Crippen LogP contribution in [0, 0.1) is 0 Å². The van der Waals surface area contributed by atoms with Crippen LogP contribution in [0.5, 0.6) is 0 Å². The topological polar surface area (TPSA) is 64.7 Å². The second-order valence-electron chi connectivity index (χ2n) is 6.57. The number of benzene rings is 2. The van der Waals surface area contributed by atoms with E-state index in [1.807, 2.05) is 0 Å². The highest BCUT2D eigenvalue weighted by atomic mass is 35.5. The summed E-state index contributed by atoms with van der Waals surface area (Å²) < 4.78 is 43.6. The Bertz CT molecular complexity index is 1220. The molecular weight excluding hydrogens is 431 g/mol. The number of nitrogens with zero attached hydrogens (tertiary/aromatic N) is 4. The van der Waals surface area contributed by atoms with Crippen molar-refractivity contribution < 1.29 is 18.0 Å². The number of hydrogen-bond donors (Lipinski definition) is 1. The second kappa shape index (κ2) is 8.27. The number of aromatic nitrogens is 4. The van der Waals surface area contributed by atoms with Crippen LogP contribution in [-0.4, -0.2) is 25.5 Å². The third kappa shape index (κ3) is 4.31. The fourth-order valence-corrected chi connectivity index (χ4v) is 3.28. The van der Waals surface area contributed by atoms with Gasteiger partial charge in [-0.2, -0.15) is 23.4 Å². The first-order valence-corrected chi connectivity index (χ1v) is 9.49. The zero-order valence-corrected chi connectivity index (χ0v) is 16.6. The van der Waals surface area contributed by atoms with Crippen molar-refractivity contribution in [3.8, 4) is 5.69 Å². The third-order valence-electron chi connectivity index (χ3n) is 4.52. The van der Waals surface area contributed by atoms with Gasteiger partial charge in [-0.05, 0) is 23.8 Å². The fourth-order valence-electron chi connectivity index (χ4n) is 3.09. The van der Waals surface area contributed by atoms with Crippen LogP contribution in [0.1, 0.15) is 21.6 Å². The molecule has 31 heavy (non-hydrogen) atoms. The van der Waals surface area contributed by atoms with Crippen LogP contribution >= 0.6 is 11.6 Å². The summed E-state index contributed by atoms with van der Waals surface area (Å²) in [4.78, 5) is 12.8. The highest BCUT2D eigenvalue weighted by Gasteiger charge is 2.40. The molecule has 2 heterocycles. The molecule has 2 aromatic heterocycles. The first-order valence-electron chi connectivity index (χ1n) is 9.12. The van der Waals surface area contributed by atoms with Gasteiger partial charge in [-0.1, -0.05) is 48.0 Å². The number of carbonyl (C=O) groups excluding carboxylic acids is 1. The summed E-state index contributed by atoms with van der Waals surface area (Å²) in [6.07, 6.45) is -2.46. The molecule has 1 N–H and O–H groups in total. The van der Waals surface area contributed by atoms with Gasteiger partial charge in [-0.25, -0.2) is 9.36 Å². The van der Waals surface area contributed by atoms with Crippen molar-refractivity contribution >= 4 is 23.3 Å². The van der Waals surface area contributed by atoms with E-state index in [0.29, 0.717) is 9.70 Å². The highest BCUT2D eigenvalue weighted by molar-refractivity contribution is 6.31. The van der Waals surface area contributed by atoms with E-state index in [-0.39, 0.29) is 18.1 Å². The van der Waals surface area contributed by atoms with Gasteiger partial charge in [0.2, 0.25) is 0 Å². The van der Waals surface area contributed by atoms with E-state index >= 15 is 0 Å². The Morgan fingerprint density at radius 3 is 2.42 bits per heavy atom. The summed E-state index contributed by atoms with van der Waals surface area (Å²) in [6.45, 7) is 0.234. The standard InChI is InChI=1S/C21H15ClF3N5O/c22-17-9-5-4-6-14(17)13-29-18(10-11-26-29)28-20(31)16-12-27-30(19(16)21(23,24)25)15-7-2-1-3-8-15/h1-12H,13H2,(H,28,31). The van der Waals surface area contributed by atoms with E-state index in [1.165, 1.54) is 29.1 Å². The normalized spacial score (nSPS) is 11.5. The predicted molar refractivity (Wildman–Crippen MR) is 109 cm³/mol. The Kier molecular flexibility index (Phi) is 5.51. The summed E-state index contributed by atoms with van der Waals surface area (Å²) in [5.74, 6) is -0.721. The lowest BCUT2D eigenvalue weighted by Crippen LogP contribution is -2.22. The number of para-hydroxylation sites is 1. The summed E-state index contributed by atoms with van der Waals surface area (Å²) in [6, 6.07) is 16.4. The molecule has 4 aromatic rings. The van der Waals surface area contributed by atoms with Crippen molar-refractivity contribution in [3.63, 3.8) is 0 Å². The van der Waals surface area contributed by atoms with Crippen LogP contribution in [0.3, 0.4) is 0 Å². The monoisotopic (exact) mass is 445 g/mol. The van der Waals surface area contributed by atoms with Gasteiger partial charge < -0.3 is 5.32 Å². The smallest absolute Gasteiger partial charge is 0.307 e. The van der Waals surface area contributed by atoms with Crippen molar-refractivity contribution in [1.29, 1.82) is 0 Å². The average molecular weight is 446 g/mol. The van der Waals surface area contributed by atoms with Gasteiger partial charge in [0.15, 0.2) is 5.69 Å². The number of amides is 1. The number of alkyl halides is 3. The maximum atomic E-state index is 13.8. The number of carbonyl (C=O) groups is 1. The minimum atomic E-state index is -4.79. The van der Waals surface area contributed by atoms with Crippen molar-refractivity contribution in [2.75, 3.05) is 5.32 Å². The maximum Gasteiger partial charge on any atom is 0.434 e. The van der Waals surface area contributed by atoms with Gasteiger partial charge >= 0.3 is 6.18 Å². The zero-order chi connectivity index (χ0) is 22.0. The SMILES string of the molecule is O=C(Nc1ccnn1Cc1ccccc1Cl)c1cnn(-c2ccccc2)c1C(F)(F)F. The molecule has 0 radical (unpaired) electrons. The van der Waals surface area contributed by atoms with Crippen molar-refractivity contribution in [2.24, 2.45) is 0 Å². The molecule has 1 amide bonds. The van der Waals surface area contributed by atoms with Gasteiger partial charge in [0.1, 0.15) is 5.82 Å². The van der Waals surface area contributed by atoms with Crippen LogP contribution in [-0.2, 0) is 12.7 Å². The van der Waals surface area contributed by atoms with E-state index in [1.54, 1.807) is 42.5 Å². The van der Waals surface area contributed by atoms with Crippen molar-refractivity contribution in [1.82, 2.24) is 19.6 Å². The lowest BCUT2D eigenvalue weighted by atomic mass is 10.2. The number of halogens is 4. The third-order valence-corrected chi connectivity index (χ3v) is 4.89. The van der Waals surface area contributed by atoms with Gasteiger partial charge in [-0.3, -0.25) is 4.79 Å². The quantitative estimate of drug-likeness (QED) is 0.468. The predicted octanol–water partition coefficient (Wildman–Crippen LogP) is 5.04. The molecule has 0 aliphatic carbocycles. The lowest BCUT2D eigenvalue weighted by molar-refractivity contribution is -0.143. The van der Waals surface area contributed by atoms with E-state index in [9.17, 15) is 18.0 Å².